The Labute approximate surface area is 224 Å². The summed E-state index contributed by atoms with van der Waals surface area (Å²) >= 11 is 0. The number of carbonyl (C=O) groups is 2. The number of unbranched alkanes of at least 4 members (excludes halogenated alkanes) is 18. The molecule has 0 heterocycles. The summed E-state index contributed by atoms with van der Waals surface area (Å²) in [6, 6.07) is -0.520. The highest BCUT2D eigenvalue weighted by molar-refractivity contribution is 5.85. The lowest BCUT2D eigenvalue weighted by atomic mass is 10.0. The summed E-state index contributed by atoms with van der Waals surface area (Å²) < 4.78 is 5.36. The fourth-order valence-corrected chi connectivity index (χ4v) is 4.59. The van der Waals surface area contributed by atoms with Crippen LogP contribution in [0.1, 0.15) is 163 Å². The van der Waals surface area contributed by atoms with E-state index >= 15 is 0 Å². The van der Waals surface area contributed by atoms with Gasteiger partial charge in [-0.05, 0) is 25.2 Å². The Morgan fingerprint density at radius 2 is 1.03 bits per heavy atom. The molecule has 0 aliphatic rings. The first kappa shape index (κ1) is 34.7. The molecule has 0 saturated heterocycles. The Morgan fingerprint density at radius 3 is 1.47 bits per heavy atom. The lowest BCUT2D eigenvalue weighted by Crippen LogP contribution is -2.47. The molecule has 2 amide bonds. The largest absolute Gasteiger partial charge is 0.450 e. The van der Waals surface area contributed by atoms with Crippen molar-refractivity contribution in [2.45, 2.75) is 169 Å². The van der Waals surface area contributed by atoms with Crippen LogP contribution in [-0.4, -0.2) is 31.2 Å². The SMILES string of the molecule is CCCCCCCCCCCCCCCCOC(=O)NC(CC(C)C)C(=O)NCCCCCCCC. The van der Waals surface area contributed by atoms with Gasteiger partial charge in [0.25, 0.3) is 0 Å². The van der Waals surface area contributed by atoms with E-state index in [1.54, 1.807) is 0 Å². The number of alkyl carbamates (subject to hydrolysis) is 1. The van der Waals surface area contributed by atoms with Gasteiger partial charge in [0.2, 0.25) is 5.91 Å². The number of hydrogen-bond acceptors (Lipinski definition) is 3. The molecule has 0 spiro atoms. The van der Waals surface area contributed by atoms with E-state index in [2.05, 4.69) is 38.3 Å². The fraction of sp³-hybridized carbons (Fsp3) is 0.935. The zero-order chi connectivity index (χ0) is 26.7. The second kappa shape index (κ2) is 26.8. The van der Waals surface area contributed by atoms with E-state index in [9.17, 15) is 9.59 Å². The zero-order valence-electron chi connectivity index (χ0n) is 24.6. The highest BCUT2D eigenvalue weighted by Gasteiger charge is 2.22. The quantitative estimate of drug-likeness (QED) is 0.114. The lowest BCUT2D eigenvalue weighted by molar-refractivity contribution is -0.123. The second-order valence-corrected chi connectivity index (χ2v) is 11.1. The van der Waals surface area contributed by atoms with Crippen molar-refractivity contribution in [1.82, 2.24) is 10.6 Å². The molecule has 0 rings (SSSR count). The standard InChI is InChI=1S/C31H62N2O3/c1-5-7-9-11-13-14-15-16-17-18-19-20-22-24-26-36-31(35)33-29(27-28(3)4)30(34)32-25-23-21-12-10-8-6-2/h28-29H,5-27H2,1-4H3,(H,32,34)(H,33,35). The van der Waals surface area contributed by atoms with Crippen molar-refractivity contribution < 1.29 is 14.3 Å². The molecule has 1 unspecified atom stereocenters. The molecule has 36 heavy (non-hydrogen) atoms. The Morgan fingerprint density at radius 1 is 0.611 bits per heavy atom. The van der Waals surface area contributed by atoms with E-state index in [0.717, 1.165) is 25.7 Å². The molecular weight excluding hydrogens is 448 g/mol. The average Bonchev–Trinajstić information content (AvgIpc) is 2.85. The maximum Gasteiger partial charge on any atom is 0.407 e. The molecular formula is C31H62N2O3. The van der Waals surface area contributed by atoms with E-state index in [-0.39, 0.29) is 5.91 Å². The number of ether oxygens (including phenoxy) is 1. The van der Waals surface area contributed by atoms with E-state index in [0.29, 0.717) is 25.5 Å². The molecule has 0 aromatic rings. The zero-order valence-corrected chi connectivity index (χ0v) is 24.6. The van der Waals surface area contributed by atoms with Crippen molar-refractivity contribution in [1.29, 1.82) is 0 Å². The van der Waals surface area contributed by atoms with Gasteiger partial charge in [0.1, 0.15) is 6.04 Å². The third-order valence-corrected chi connectivity index (χ3v) is 6.88. The topological polar surface area (TPSA) is 67.4 Å². The monoisotopic (exact) mass is 510 g/mol. The minimum Gasteiger partial charge on any atom is -0.450 e. The van der Waals surface area contributed by atoms with Crippen LogP contribution in [0.25, 0.3) is 0 Å². The highest BCUT2D eigenvalue weighted by atomic mass is 16.5. The summed E-state index contributed by atoms with van der Waals surface area (Å²) in [6.07, 6.45) is 25.6. The molecule has 0 fully saturated rings. The Bertz CT molecular complexity index is 496. The number of rotatable bonds is 26. The van der Waals surface area contributed by atoms with Crippen LogP contribution in [0.4, 0.5) is 4.79 Å². The van der Waals surface area contributed by atoms with E-state index < -0.39 is 12.1 Å². The van der Waals surface area contributed by atoms with Gasteiger partial charge >= 0.3 is 6.09 Å². The summed E-state index contributed by atoms with van der Waals surface area (Å²) in [4.78, 5) is 24.8. The minimum atomic E-state index is -0.520. The van der Waals surface area contributed by atoms with Crippen LogP contribution in [0.15, 0.2) is 0 Å². The smallest absolute Gasteiger partial charge is 0.407 e. The van der Waals surface area contributed by atoms with Crippen LogP contribution in [0.2, 0.25) is 0 Å². The van der Waals surface area contributed by atoms with Gasteiger partial charge < -0.3 is 15.4 Å². The van der Waals surface area contributed by atoms with Crippen molar-refractivity contribution in [2.75, 3.05) is 13.2 Å². The predicted molar refractivity (Wildman–Crippen MR) is 154 cm³/mol. The molecule has 0 aliphatic heterocycles. The van der Waals surface area contributed by atoms with Gasteiger partial charge in [-0.25, -0.2) is 4.79 Å². The molecule has 0 aromatic carbocycles. The Hall–Kier alpha value is -1.26. The van der Waals surface area contributed by atoms with Gasteiger partial charge in [-0.3, -0.25) is 4.79 Å². The van der Waals surface area contributed by atoms with Gasteiger partial charge in [0.15, 0.2) is 0 Å². The number of hydrogen-bond donors (Lipinski definition) is 2. The molecule has 5 nitrogen and oxygen atoms in total. The molecule has 0 saturated carbocycles. The van der Waals surface area contributed by atoms with E-state index in [1.165, 1.54) is 103 Å². The first-order valence-corrected chi connectivity index (χ1v) is 15.7. The van der Waals surface area contributed by atoms with Crippen molar-refractivity contribution in [3.63, 3.8) is 0 Å². The molecule has 0 radical (unpaired) electrons. The molecule has 0 aliphatic carbocycles. The second-order valence-electron chi connectivity index (χ2n) is 11.1. The number of nitrogens with one attached hydrogen (secondary N) is 2. The fourth-order valence-electron chi connectivity index (χ4n) is 4.59. The highest BCUT2D eigenvalue weighted by Crippen LogP contribution is 2.13. The number of amides is 2. The van der Waals surface area contributed by atoms with Gasteiger partial charge in [-0.2, -0.15) is 0 Å². The average molecular weight is 511 g/mol. The molecule has 1 atom stereocenters. The van der Waals surface area contributed by atoms with Crippen molar-refractivity contribution in [3.8, 4) is 0 Å². The van der Waals surface area contributed by atoms with E-state index in [1.807, 2.05) is 0 Å². The summed E-state index contributed by atoms with van der Waals surface area (Å²) in [5.41, 5.74) is 0. The van der Waals surface area contributed by atoms with Crippen LogP contribution in [0, 0.1) is 5.92 Å². The summed E-state index contributed by atoms with van der Waals surface area (Å²) in [5.74, 6) is 0.228. The Balaban J connectivity index is 3.76. The summed E-state index contributed by atoms with van der Waals surface area (Å²) in [6.45, 7) is 9.72. The predicted octanol–water partition coefficient (Wildman–Crippen LogP) is 9.09. The van der Waals surface area contributed by atoms with Gasteiger partial charge in [-0.15, -0.1) is 0 Å². The minimum absolute atomic E-state index is 0.0919. The van der Waals surface area contributed by atoms with Crippen LogP contribution < -0.4 is 10.6 Å². The molecule has 2 N–H and O–H groups in total. The Kier molecular flexibility index (Phi) is 25.9. The maximum absolute atomic E-state index is 12.6. The molecule has 5 heteroatoms. The van der Waals surface area contributed by atoms with E-state index in [4.69, 9.17) is 4.74 Å². The molecule has 214 valence electrons. The van der Waals surface area contributed by atoms with Gasteiger partial charge in [-0.1, -0.05) is 143 Å². The van der Waals surface area contributed by atoms with Crippen molar-refractivity contribution >= 4 is 12.0 Å². The van der Waals surface area contributed by atoms with Crippen LogP contribution in [0.5, 0.6) is 0 Å². The first-order valence-electron chi connectivity index (χ1n) is 15.7. The third kappa shape index (κ3) is 24.4. The van der Waals surface area contributed by atoms with Crippen molar-refractivity contribution in [2.24, 2.45) is 5.92 Å². The van der Waals surface area contributed by atoms with Crippen LogP contribution >= 0.6 is 0 Å². The van der Waals surface area contributed by atoms with Crippen molar-refractivity contribution in [3.05, 3.63) is 0 Å². The lowest BCUT2D eigenvalue weighted by Gasteiger charge is -2.20. The van der Waals surface area contributed by atoms with Gasteiger partial charge in [0, 0.05) is 6.54 Å². The normalized spacial score (nSPS) is 12.0. The first-order chi connectivity index (χ1) is 17.5. The van der Waals surface area contributed by atoms with Gasteiger partial charge in [0.05, 0.1) is 6.61 Å². The third-order valence-electron chi connectivity index (χ3n) is 6.88. The van der Waals surface area contributed by atoms with Crippen LogP contribution in [-0.2, 0) is 9.53 Å². The summed E-state index contributed by atoms with van der Waals surface area (Å²) in [7, 11) is 0. The van der Waals surface area contributed by atoms with Crippen LogP contribution in [0.3, 0.4) is 0 Å². The number of carbonyl (C=O) groups excluding carboxylic acids is 2. The summed E-state index contributed by atoms with van der Waals surface area (Å²) in [5, 5.41) is 5.79. The maximum atomic E-state index is 12.6. The molecule has 0 bridgehead atoms. The molecule has 0 aromatic heterocycles.